The molecule has 0 bridgehead atoms. The van der Waals surface area contributed by atoms with Crippen molar-refractivity contribution in [1.29, 1.82) is 0 Å². The van der Waals surface area contributed by atoms with Crippen LogP contribution in [0.4, 0.5) is 0 Å². The summed E-state index contributed by atoms with van der Waals surface area (Å²) in [4.78, 5) is 18.4. The first-order valence-corrected chi connectivity index (χ1v) is 9.35. The lowest BCUT2D eigenvalue weighted by Crippen LogP contribution is -2.43. The molecule has 0 saturated carbocycles. The Balaban J connectivity index is 1.52. The summed E-state index contributed by atoms with van der Waals surface area (Å²) in [5.74, 6) is 0.555. The number of carbonyl (C=O) groups is 1. The van der Waals surface area contributed by atoms with Gasteiger partial charge in [0, 0.05) is 37.3 Å². The molecule has 8 nitrogen and oxygen atoms in total. The van der Waals surface area contributed by atoms with Gasteiger partial charge in [0.1, 0.15) is 5.52 Å². The number of hydrogen-bond donors (Lipinski definition) is 0. The molecule has 0 spiro atoms. The molecule has 1 amide bonds. The van der Waals surface area contributed by atoms with Crippen LogP contribution in [0.15, 0.2) is 43.5 Å². The molecule has 4 heterocycles. The molecule has 28 heavy (non-hydrogen) atoms. The zero-order chi connectivity index (χ0) is 19.7. The number of piperidine rings is 1. The summed E-state index contributed by atoms with van der Waals surface area (Å²) in [5.41, 5.74) is 2.49. The molecule has 146 valence electrons. The molecule has 0 unspecified atom stereocenters. The predicted molar refractivity (Wildman–Crippen MR) is 105 cm³/mol. The van der Waals surface area contributed by atoms with Crippen molar-refractivity contribution in [2.45, 2.75) is 19.8 Å². The first kappa shape index (κ1) is 18.2. The second-order valence-electron chi connectivity index (χ2n) is 7.62. The molecule has 0 atom stereocenters. The van der Waals surface area contributed by atoms with Crippen LogP contribution in [0.25, 0.3) is 16.8 Å². The van der Waals surface area contributed by atoms with E-state index in [0.29, 0.717) is 12.5 Å². The normalized spacial score (nSPS) is 16.3. The van der Waals surface area contributed by atoms with Gasteiger partial charge in [-0.3, -0.25) is 9.48 Å². The van der Waals surface area contributed by atoms with Crippen LogP contribution in [-0.4, -0.2) is 54.9 Å². The van der Waals surface area contributed by atoms with Gasteiger partial charge < -0.3 is 9.64 Å². The monoisotopic (exact) mass is 380 g/mol. The summed E-state index contributed by atoms with van der Waals surface area (Å²) in [6.07, 6.45) is 10.4. The predicted octanol–water partition coefficient (Wildman–Crippen LogP) is 2.32. The highest BCUT2D eigenvalue weighted by molar-refractivity contribution is 5.87. The van der Waals surface area contributed by atoms with Gasteiger partial charge in [-0.05, 0) is 25.0 Å². The molecule has 1 fully saturated rings. The largest absolute Gasteiger partial charge is 0.476 e. The highest BCUT2D eigenvalue weighted by Gasteiger charge is 2.32. The van der Waals surface area contributed by atoms with E-state index in [1.54, 1.807) is 21.6 Å². The highest BCUT2D eigenvalue weighted by Crippen LogP contribution is 2.33. The fraction of sp³-hybridized carbons (Fsp3) is 0.400. The number of rotatable bonds is 5. The van der Waals surface area contributed by atoms with E-state index >= 15 is 0 Å². The Hall–Kier alpha value is -3.16. The summed E-state index contributed by atoms with van der Waals surface area (Å²) < 4.78 is 9.70. The van der Waals surface area contributed by atoms with Gasteiger partial charge in [-0.2, -0.15) is 10.2 Å². The molecule has 0 aliphatic carbocycles. The zero-order valence-corrected chi connectivity index (χ0v) is 16.2. The quantitative estimate of drug-likeness (QED) is 0.635. The molecule has 3 aromatic heterocycles. The summed E-state index contributed by atoms with van der Waals surface area (Å²) in [5, 5.41) is 8.56. The van der Waals surface area contributed by atoms with Crippen LogP contribution >= 0.6 is 0 Å². The number of ether oxygens (including phenoxy) is 1. The van der Waals surface area contributed by atoms with Gasteiger partial charge in [0.25, 0.3) is 0 Å². The lowest BCUT2D eigenvalue weighted by Gasteiger charge is -2.38. The molecule has 1 aliphatic heterocycles. The summed E-state index contributed by atoms with van der Waals surface area (Å²) in [6, 6.07) is 1.89. The number of amides is 1. The molecule has 1 aliphatic rings. The molecule has 1 saturated heterocycles. The molecular weight excluding hydrogens is 356 g/mol. The third-order valence-corrected chi connectivity index (χ3v) is 5.37. The zero-order valence-electron chi connectivity index (χ0n) is 16.2. The van der Waals surface area contributed by atoms with E-state index in [1.165, 1.54) is 6.08 Å². The van der Waals surface area contributed by atoms with Gasteiger partial charge in [-0.1, -0.05) is 13.5 Å². The SMILES string of the molecule is C=CC(=O)N1CCC(C)(COc2nc(-c3cnn(C)c3)cn3nccc23)CC1. The lowest BCUT2D eigenvalue weighted by molar-refractivity contribution is -0.128. The lowest BCUT2D eigenvalue weighted by atomic mass is 9.81. The Bertz CT molecular complexity index is 1010. The van der Waals surface area contributed by atoms with Gasteiger partial charge in [0.2, 0.25) is 11.8 Å². The van der Waals surface area contributed by atoms with Crippen LogP contribution in [0.2, 0.25) is 0 Å². The smallest absolute Gasteiger partial charge is 0.245 e. The number of aromatic nitrogens is 5. The first-order valence-electron chi connectivity index (χ1n) is 9.35. The Kier molecular flexibility index (Phi) is 4.62. The molecular formula is C20H24N6O2. The highest BCUT2D eigenvalue weighted by atomic mass is 16.5. The van der Waals surface area contributed by atoms with E-state index in [1.807, 2.05) is 30.4 Å². The van der Waals surface area contributed by atoms with Crippen molar-refractivity contribution in [2.75, 3.05) is 19.7 Å². The van der Waals surface area contributed by atoms with E-state index in [0.717, 1.165) is 42.7 Å². The van der Waals surface area contributed by atoms with Crippen molar-refractivity contribution in [1.82, 2.24) is 29.3 Å². The molecule has 0 N–H and O–H groups in total. The third-order valence-electron chi connectivity index (χ3n) is 5.37. The van der Waals surface area contributed by atoms with Crippen molar-refractivity contribution < 1.29 is 9.53 Å². The third kappa shape index (κ3) is 3.49. The number of likely N-dealkylation sites (tertiary alicyclic amines) is 1. The van der Waals surface area contributed by atoms with Gasteiger partial charge in [0.15, 0.2) is 0 Å². The fourth-order valence-corrected chi connectivity index (χ4v) is 3.48. The molecule has 8 heteroatoms. The van der Waals surface area contributed by atoms with E-state index in [9.17, 15) is 4.79 Å². The minimum atomic E-state index is -0.0129. The van der Waals surface area contributed by atoms with Crippen molar-refractivity contribution >= 4 is 11.4 Å². The fourth-order valence-electron chi connectivity index (χ4n) is 3.48. The van der Waals surface area contributed by atoms with Gasteiger partial charge in [-0.25, -0.2) is 9.50 Å². The van der Waals surface area contributed by atoms with E-state index in [4.69, 9.17) is 9.72 Å². The Morgan fingerprint density at radius 1 is 1.32 bits per heavy atom. The van der Waals surface area contributed by atoms with Crippen LogP contribution in [0.5, 0.6) is 5.88 Å². The van der Waals surface area contributed by atoms with Crippen molar-refractivity contribution in [3.05, 3.63) is 43.5 Å². The Morgan fingerprint density at radius 3 is 2.79 bits per heavy atom. The van der Waals surface area contributed by atoms with Crippen LogP contribution in [0, 0.1) is 5.41 Å². The topological polar surface area (TPSA) is 77.6 Å². The maximum Gasteiger partial charge on any atom is 0.245 e. The van der Waals surface area contributed by atoms with Gasteiger partial charge in [0.05, 0.1) is 30.9 Å². The van der Waals surface area contributed by atoms with E-state index in [2.05, 4.69) is 23.7 Å². The van der Waals surface area contributed by atoms with Crippen molar-refractivity contribution in [3.8, 4) is 17.1 Å². The maximum absolute atomic E-state index is 11.8. The average Bonchev–Trinajstić information content (AvgIpc) is 3.35. The van der Waals surface area contributed by atoms with Crippen LogP contribution in [-0.2, 0) is 11.8 Å². The number of nitrogens with zero attached hydrogens (tertiary/aromatic N) is 6. The number of fused-ring (bicyclic) bond motifs is 1. The minimum absolute atomic E-state index is 0.00484. The molecule has 0 radical (unpaired) electrons. The van der Waals surface area contributed by atoms with E-state index < -0.39 is 0 Å². The van der Waals surface area contributed by atoms with Crippen molar-refractivity contribution in [2.24, 2.45) is 12.5 Å². The summed E-state index contributed by atoms with van der Waals surface area (Å²) >= 11 is 0. The standard InChI is InChI=1S/C20H24N6O2/c1-4-18(27)25-9-6-20(2,7-10-25)14-28-19-17-5-8-21-26(17)13-16(23-19)15-11-22-24(3)12-15/h4-5,8,11-13H,1,6-7,9-10,14H2,2-3H3. The van der Waals surface area contributed by atoms with Crippen molar-refractivity contribution in [3.63, 3.8) is 0 Å². The number of carbonyl (C=O) groups excluding carboxylic acids is 1. The van der Waals surface area contributed by atoms with Gasteiger partial charge >= 0.3 is 0 Å². The summed E-state index contributed by atoms with van der Waals surface area (Å²) in [6.45, 7) is 7.74. The Morgan fingerprint density at radius 2 is 2.11 bits per heavy atom. The van der Waals surface area contributed by atoms with Crippen LogP contribution in [0.1, 0.15) is 19.8 Å². The van der Waals surface area contributed by atoms with E-state index in [-0.39, 0.29) is 11.3 Å². The van der Waals surface area contributed by atoms with Crippen LogP contribution < -0.4 is 4.74 Å². The van der Waals surface area contributed by atoms with Crippen LogP contribution in [0.3, 0.4) is 0 Å². The molecule has 4 rings (SSSR count). The summed E-state index contributed by atoms with van der Waals surface area (Å²) in [7, 11) is 1.87. The molecule has 0 aromatic carbocycles. The average molecular weight is 380 g/mol. The number of aryl methyl sites for hydroxylation is 1. The minimum Gasteiger partial charge on any atom is -0.476 e. The number of hydrogen-bond acceptors (Lipinski definition) is 5. The first-order chi connectivity index (χ1) is 13.5. The second-order valence-corrected chi connectivity index (χ2v) is 7.62. The Labute approximate surface area is 163 Å². The second kappa shape index (κ2) is 7.10. The van der Waals surface area contributed by atoms with Gasteiger partial charge in [-0.15, -0.1) is 0 Å². The molecule has 3 aromatic rings. The maximum atomic E-state index is 11.8.